The summed E-state index contributed by atoms with van der Waals surface area (Å²) in [6.07, 6.45) is 0. The van der Waals surface area contributed by atoms with Gasteiger partial charge in [0.2, 0.25) is 0 Å². The highest BCUT2D eigenvalue weighted by Gasteiger charge is 2.20. The van der Waals surface area contributed by atoms with Crippen LogP contribution in [0.25, 0.3) is 0 Å². The van der Waals surface area contributed by atoms with E-state index in [0.717, 1.165) is 6.07 Å². The number of anilines is 1. The van der Waals surface area contributed by atoms with Crippen LogP contribution in [0.3, 0.4) is 0 Å². The molecule has 0 amide bonds. The standard InChI is InChI=1S/C13H9BrF3NO3S/c1-21-11-5-2-7(6-8(11)14)22(19,20)18-10-4-3-9(15)12(16)13(10)17/h2-6,18H,1H3. The van der Waals surface area contributed by atoms with E-state index in [1.165, 1.54) is 25.3 Å². The highest BCUT2D eigenvalue weighted by Crippen LogP contribution is 2.29. The highest BCUT2D eigenvalue weighted by molar-refractivity contribution is 9.10. The van der Waals surface area contributed by atoms with E-state index in [4.69, 9.17) is 4.74 Å². The van der Waals surface area contributed by atoms with Crippen molar-refractivity contribution in [3.05, 3.63) is 52.3 Å². The summed E-state index contributed by atoms with van der Waals surface area (Å²) in [6.45, 7) is 0. The van der Waals surface area contributed by atoms with Crippen LogP contribution in [0.15, 0.2) is 39.7 Å². The number of ether oxygens (including phenoxy) is 1. The number of halogens is 4. The van der Waals surface area contributed by atoms with Gasteiger partial charge in [0.15, 0.2) is 17.5 Å². The Morgan fingerprint density at radius 3 is 2.36 bits per heavy atom. The van der Waals surface area contributed by atoms with Crippen molar-refractivity contribution in [1.82, 2.24) is 0 Å². The molecule has 2 aromatic rings. The van der Waals surface area contributed by atoms with Gasteiger partial charge in [0.1, 0.15) is 5.75 Å². The van der Waals surface area contributed by atoms with Crippen molar-refractivity contribution in [2.45, 2.75) is 4.90 Å². The summed E-state index contributed by atoms with van der Waals surface area (Å²) >= 11 is 3.12. The maximum Gasteiger partial charge on any atom is 0.262 e. The third-order valence-corrected chi connectivity index (χ3v) is 4.70. The van der Waals surface area contributed by atoms with Crippen LogP contribution in [0.2, 0.25) is 0 Å². The van der Waals surface area contributed by atoms with E-state index in [0.29, 0.717) is 16.3 Å². The van der Waals surface area contributed by atoms with Crippen LogP contribution in [0.1, 0.15) is 0 Å². The molecule has 9 heteroatoms. The Kier molecular flexibility index (Phi) is 4.66. The third kappa shape index (κ3) is 3.20. The van der Waals surface area contributed by atoms with Gasteiger partial charge in [-0.1, -0.05) is 0 Å². The molecule has 22 heavy (non-hydrogen) atoms. The highest BCUT2D eigenvalue weighted by atomic mass is 79.9. The minimum Gasteiger partial charge on any atom is -0.496 e. The Bertz CT molecular complexity index is 828. The molecule has 0 unspecified atom stereocenters. The molecule has 118 valence electrons. The Labute approximate surface area is 133 Å². The van der Waals surface area contributed by atoms with Crippen molar-refractivity contribution in [1.29, 1.82) is 0 Å². The normalized spacial score (nSPS) is 11.3. The third-order valence-electron chi connectivity index (χ3n) is 2.71. The summed E-state index contributed by atoms with van der Waals surface area (Å²) in [6, 6.07) is 5.27. The van der Waals surface area contributed by atoms with Crippen LogP contribution in [0, 0.1) is 17.5 Å². The molecule has 0 aliphatic rings. The van der Waals surface area contributed by atoms with Crippen molar-refractivity contribution in [3.8, 4) is 5.75 Å². The molecule has 0 bridgehead atoms. The van der Waals surface area contributed by atoms with Gasteiger partial charge in [-0.3, -0.25) is 4.72 Å². The van der Waals surface area contributed by atoms with Gasteiger partial charge in [-0.05, 0) is 46.3 Å². The van der Waals surface area contributed by atoms with Gasteiger partial charge in [-0.15, -0.1) is 0 Å². The maximum atomic E-state index is 13.5. The Balaban J connectivity index is 2.40. The Morgan fingerprint density at radius 1 is 1.09 bits per heavy atom. The van der Waals surface area contributed by atoms with E-state index in [9.17, 15) is 21.6 Å². The molecule has 2 rings (SSSR count). The van der Waals surface area contributed by atoms with Gasteiger partial charge < -0.3 is 4.74 Å². The van der Waals surface area contributed by atoms with Crippen LogP contribution in [-0.2, 0) is 10.0 Å². The zero-order valence-corrected chi connectivity index (χ0v) is 13.4. The molecule has 0 aromatic heterocycles. The van der Waals surface area contributed by atoms with E-state index < -0.39 is 33.2 Å². The van der Waals surface area contributed by atoms with Crippen LogP contribution in [0.4, 0.5) is 18.9 Å². The lowest BCUT2D eigenvalue weighted by Gasteiger charge is -2.11. The molecule has 0 radical (unpaired) electrons. The van der Waals surface area contributed by atoms with Gasteiger partial charge in [0, 0.05) is 0 Å². The average Bonchev–Trinajstić information content (AvgIpc) is 2.48. The largest absolute Gasteiger partial charge is 0.496 e. The monoisotopic (exact) mass is 395 g/mol. The van der Waals surface area contributed by atoms with E-state index in [2.05, 4.69) is 15.9 Å². The second-order valence-corrected chi connectivity index (χ2v) is 6.66. The van der Waals surface area contributed by atoms with Gasteiger partial charge in [-0.2, -0.15) is 0 Å². The molecule has 1 N–H and O–H groups in total. The van der Waals surface area contributed by atoms with E-state index >= 15 is 0 Å². The minimum atomic E-state index is -4.18. The van der Waals surface area contributed by atoms with Crippen molar-refractivity contribution >= 4 is 31.6 Å². The lowest BCUT2D eigenvalue weighted by atomic mass is 10.3. The zero-order valence-electron chi connectivity index (χ0n) is 11.0. The molecule has 0 aliphatic carbocycles. The molecular formula is C13H9BrF3NO3S. The minimum absolute atomic E-state index is 0.204. The number of nitrogens with one attached hydrogen (secondary N) is 1. The first-order valence-corrected chi connectivity index (χ1v) is 8.03. The van der Waals surface area contributed by atoms with Gasteiger partial charge in [-0.25, -0.2) is 21.6 Å². The van der Waals surface area contributed by atoms with Crippen LogP contribution < -0.4 is 9.46 Å². The smallest absolute Gasteiger partial charge is 0.262 e. The van der Waals surface area contributed by atoms with Gasteiger partial charge in [0.05, 0.1) is 22.2 Å². The number of rotatable bonds is 4. The lowest BCUT2D eigenvalue weighted by Crippen LogP contribution is -2.15. The topological polar surface area (TPSA) is 55.4 Å². The first kappa shape index (κ1) is 16.6. The van der Waals surface area contributed by atoms with Crippen LogP contribution >= 0.6 is 15.9 Å². The summed E-state index contributed by atoms with van der Waals surface area (Å²) in [5.41, 5.74) is -0.689. The molecule has 0 spiro atoms. The molecule has 0 aliphatic heterocycles. The second kappa shape index (κ2) is 6.17. The molecule has 0 fully saturated rings. The van der Waals surface area contributed by atoms with Crippen molar-refractivity contribution < 1.29 is 26.3 Å². The molecule has 0 atom stereocenters. The summed E-state index contributed by atoms with van der Waals surface area (Å²) in [5, 5.41) is 0. The van der Waals surface area contributed by atoms with Crippen molar-refractivity contribution in [2.24, 2.45) is 0 Å². The quantitative estimate of drug-likeness (QED) is 0.803. The number of sulfonamides is 1. The van der Waals surface area contributed by atoms with Gasteiger partial charge in [0.25, 0.3) is 10.0 Å². The Morgan fingerprint density at radius 2 is 1.77 bits per heavy atom. The van der Waals surface area contributed by atoms with Crippen LogP contribution in [-0.4, -0.2) is 15.5 Å². The summed E-state index contributed by atoms with van der Waals surface area (Å²) in [4.78, 5) is -0.204. The summed E-state index contributed by atoms with van der Waals surface area (Å²) < 4.78 is 71.0. The lowest BCUT2D eigenvalue weighted by molar-refractivity contribution is 0.411. The summed E-state index contributed by atoms with van der Waals surface area (Å²) in [7, 11) is -2.77. The second-order valence-electron chi connectivity index (χ2n) is 4.12. The SMILES string of the molecule is COc1ccc(S(=O)(=O)Nc2ccc(F)c(F)c2F)cc1Br. The van der Waals surface area contributed by atoms with Gasteiger partial charge >= 0.3 is 0 Å². The fraction of sp³-hybridized carbons (Fsp3) is 0.0769. The average molecular weight is 396 g/mol. The summed E-state index contributed by atoms with van der Waals surface area (Å²) in [5.74, 6) is -4.38. The molecule has 0 heterocycles. The molecule has 0 saturated carbocycles. The van der Waals surface area contributed by atoms with E-state index in [1.54, 1.807) is 0 Å². The number of methoxy groups -OCH3 is 1. The molecule has 0 saturated heterocycles. The van der Waals surface area contributed by atoms with E-state index in [1.807, 2.05) is 4.72 Å². The fourth-order valence-corrected chi connectivity index (χ4v) is 3.40. The number of benzene rings is 2. The molecule has 2 aromatic carbocycles. The fourth-order valence-electron chi connectivity index (χ4n) is 1.62. The van der Waals surface area contributed by atoms with Crippen molar-refractivity contribution in [2.75, 3.05) is 11.8 Å². The predicted octanol–water partition coefficient (Wildman–Crippen LogP) is 3.68. The number of hydrogen-bond acceptors (Lipinski definition) is 3. The maximum absolute atomic E-state index is 13.5. The first-order valence-electron chi connectivity index (χ1n) is 5.76. The van der Waals surface area contributed by atoms with Crippen molar-refractivity contribution in [3.63, 3.8) is 0 Å². The number of hydrogen-bond donors (Lipinski definition) is 1. The van der Waals surface area contributed by atoms with E-state index in [-0.39, 0.29) is 4.90 Å². The first-order chi connectivity index (χ1) is 10.3. The molecular weight excluding hydrogens is 387 g/mol. The molecule has 4 nitrogen and oxygen atoms in total. The Hall–Kier alpha value is -1.74. The van der Waals surface area contributed by atoms with Crippen LogP contribution in [0.5, 0.6) is 5.75 Å². The zero-order chi connectivity index (χ0) is 16.5. The predicted molar refractivity (Wildman–Crippen MR) is 77.8 cm³/mol.